The van der Waals surface area contributed by atoms with Crippen LogP contribution < -0.4 is 4.90 Å². The highest BCUT2D eigenvalue weighted by Gasteiger charge is 2.49. The Balaban J connectivity index is 1.95. The molecule has 3 heterocycles. The van der Waals surface area contributed by atoms with Crippen molar-refractivity contribution in [1.82, 2.24) is 4.98 Å². The minimum absolute atomic E-state index is 0.00365. The van der Waals surface area contributed by atoms with Crippen LogP contribution in [0.5, 0.6) is 0 Å². The molecule has 2 aromatic heterocycles. The first-order valence-electron chi connectivity index (χ1n) is 8.75. The maximum atomic E-state index is 12.9. The van der Waals surface area contributed by atoms with Crippen LogP contribution in [-0.2, 0) is 9.59 Å². The van der Waals surface area contributed by atoms with Crippen LogP contribution in [0.3, 0.4) is 0 Å². The maximum Gasteiger partial charge on any atom is 0.302 e. The van der Waals surface area contributed by atoms with E-state index in [4.69, 9.17) is 4.42 Å². The van der Waals surface area contributed by atoms with E-state index in [1.165, 1.54) is 16.2 Å². The maximum absolute atomic E-state index is 12.9. The quantitative estimate of drug-likeness (QED) is 0.407. The van der Waals surface area contributed by atoms with Crippen molar-refractivity contribution in [1.29, 1.82) is 0 Å². The molecule has 1 aliphatic heterocycles. The second-order valence-corrected chi connectivity index (χ2v) is 7.80. The van der Waals surface area contributed by atoms with Crippen LogP contribution in [0.25, 0.3) is 5.76 Å². The SMILES string of the molecule is Cc1ccc(C2C(=C(O)c3ccccc3)C(=O)C(=O)N2c2nc(C)c(C)s2)o1. The lowest BCUT2D eigenvalue weighted by atomic mass is 9.99. The average Bonchev–Trinajstić information content (AvgIpc) is 3.33. The van der Waals surface area contributed by atoms with Gasteiger partial charge in [-0.15, -0.1) is 11.3 Å². The van der Waals surface area contributed by atoms with Crippen molar-refractivity contribution in [2.75, 3.05) is 4.90 Å². The van der Waals surface area contributed by atoms with Crippen molar-refractivity contribution in [3.05, 3.63) is 75.7 Å². The first kappa shape index (κ1) is 18.2. The molecule has 1 saturated heterocycles. The summed E-state index contributed by atoms with van der Waals surface area (Å²) in [6.07, 6.45) is 0. The fourth-order valence-corrected chi connectivity index (χ4v) is 4.15. The lowest BCUT2D eigenvalue weighted by Crippen LogP contribution is -2.29. The Morgan fingerprint density at radius 1 is 1.11 bits per heavy atom. The Bertz CT molecular complexity index is 1090. The van der Waals surface area contributed by atoms with E-state index >= 15 is 0 Å². The third-order valence-electron chi connectivity index (χ3n) is 4.75. The molecule has 28 heavy (non-hydrogen) atoms. The first-order valence-corrected chi connectivity index (χ1v) is 9.57. The van der Waals surface area contributed by atoms with Gasteiger partial charge in [-0.1, -0.05) is 30.3 Å². The van der Waals surface area contributed by atoms with Crippen LogP contribution in [0, 0.1) is 20.8 Å². The normalized spacial score (nSPS) is 18.8. The summed E-state index contributed by atoms with van der Waals surface area (Å²) in [5.41, 5.74) is 1.25. The molecule has 0 bridgehead atoms. The standard InChI is InChI=1S/C21H18N2O4S/c1-11-9-10-15(27-11)17-16(18(24)14-7-5-4-6-8-14)19(25)20(26)23(17)21-22-12(2)13(3)28-21/h4-10,17,24H,1-3H3. The van der Waals surface area contributed by atoms with Gasteiger partial charge in [0.2, 0.25) is 0 Å². The second kappa shape index (κ2) is 6.76. The zero-order valence-corrected chi connectivity index (χ0v) is 16.4. The summed E-state index contributed by atoms with van der Waals surface area (Å²) < 4.78 is 5.75. The summed E-state index contributed by atoms with van der Waals surface area (Å²) >= 11 is 1.33. The van der Waals surface area contributed by atoms with E-state index in [9.17, 15) is 14.7 Å². The van der Waals surface area contributed by atoms with E-state index in [-0.39, 0.29) is 11.3 Å². The van der Waals surface area contributed by atoms with E-state index in [1.54, 1.807) is 43.3 Å². The fraction of sp³-hybridized carbons (Fsp3) is 0.190. The number of thiazole rings is 1. The molecular weight excluding hydrogens is 376 g/mol. The van der Waals surface area contributed by atoms with Gasteiger partial charge in [0.15, 0.2) is 5.13 Å². The molecule has 0 radical (unpaired) electrons. The molecule has 1 unspecified atom stereocenters. The van der Waals surface area contributed by atoms with E-state index in [2.05, 4.69) is 4.98 Å². The minimum atomic E-state index is -0.876. The predicted molar refractivity (Wildman–Crippen MR) is 106 cm³/mol. The molecule has 142 valence electrons. The molecule has 0 aliphatic carbocycles. The van der Waals surface area contributed by atoms with Crippen LogP contribution in [0.15, 0.2) is 52.5 Å². The van der Waals surface area contributed by atoms with Crippen LogP contribution in [-0.4, -0.2) is 21.8 Å². The van der Waals surface area contributed by atoms with Crippen molar-refractivity contribution in [2.45, 2.75) is 26.8 Å². The Labute approximate surface area is 165 Å². The lowest BCUT2D eigenvalue weighted by Gasteiger charge is -2.20. The monoisotopic (exact) mass is 394 g/mol. The molecule has 1 fully saturated rings. The Hall–Kier alpha value is -3.19. The van der Waals surface area contributed by atoms with E-state index < -0.39 is 17.7 Å². The number of carbonyl (C=O) groups excluding carboxylic acids is 2. The van der Waals surface area contributed by atoms with Crippen molar-refractivity contribution in [3.63, 3.8) is 0 Å². The first-order chi connectivity index (χ1) is 13.4. The molecule has 0 spiro atoms. The van der Waals surface area contributed by atoms with E-state index in [0.29, 0.717) is 22.2 Å². The van der Waals surface area contributed by atoms with Crippen molar-refractivity contribution < 1.29 is 19.1 Å². The smallest absolute Gasteiger partial charge is 0.302 e. The molecule has 1 aliphatic rings. The molecule has 1 amide bonds. The molecule has 1 aromatic carbocycles. The molecule has 1 N–H and O–H groups in total. The van der Waals surface area contributed by atoms with Gasteiger partial charge >= 0.3 is 5.91 Å². The highest BCUT2D eigenvalue weighted by atomic mass is 32.1. The number of aliphatic hydroxyl groups is 1. The number of hydrogen-bond donors (Lipinski definition) is 1. The summed E-state index contributed by atoms with van der Waals surface area (Å²) in [6, 6.07) is 11.3. The number of Topliss-reactive ketones (excluding diaryl/α,β-unsaturated/α-hetero) is 1. The predicted octanol–water partition coefficient (Wildman–Crippen LogP) is 4.29. The van der Waals surface area contributed by atoms with E-state index in [1.807, 2.05) is 19.9 Å². The Kier molecular flexibility index (Phi) is 4.39. The Morgan fingerprint density at radius 3 is 2.39 bits per heavy atom. The number of ketones is 1. The third kappa shape index (κ3) is 2.84. The summed E-state index contributed by atoms with van der Waals surface area (Å²) in [5.74, 6) is -0.673. The van der Waals surface area contributed by atoms with Gasteiger partial charge in [-0.2, -0.15) is 0 Å². The topological polar surface area (TPSA) is 83.6 Å². The van der Waals surface area contributed by atoms with Gasteiger partial charge in [-0.3, -0.25) is 14.5 Å². The van der Waals surface area contributed by atoms with Gasteiger partial charge in [-0.25, -0.2) is 4.98 Å². The summed E-state index contributed by atoms with van der Waals surface area (Å²) in [6.45, 7) is 5.54. The van der Waals surface area contributed by atoms with Crippen molar-refractivity contribution in [3.8, 4) is 0 Å². The highest BCUT2D eigenvalue weighted by Crippen LogP contribution is 2.44. The molecule has 6 nitrogen and oxygen atoms in total. The highest BCUT2D eigenvalue weighted by molar-refractivity contribution is 7.16. The number of furan rings is 1. The van der Waals surface area contributed by atoms with Crippen LogP contribution >= 0.6 is 11.3 Å². The van der Waals surface area contributed by atoms with Crippen LogP contribution in [0.2, 0.25) is 0 Å². The zero-order valence-electron chi connectivity index (χ0n) is 15.6. The number of nitrogens with zero attached hydrogens (tertiary/aromatic N) is 2. The Morgan fingerprint density at radius 2 is 1.82 bits per heavy atom. The molecule has 4 rings (SSSR count). The molecule has 7 heteroatoms. The van der Waals surface area contributed by atoms with Crippen LogP contribution in [0.4, 0.5) is 5.13 Å². The molecular formula is C21H18N2O4S. The number of aromatic nitrogens is 1. The van der Waals surface area contributed by atoms with Gasteiger partial charge in [0.1, 0.15) is 23.3 Å². The van der Waals surface area contributed by atoms with E-state index in [0.717, 1.165) is 10.6 Å². The number of benzene rings is 1. The molecule has 3 aromatic rings. The summed E-state index contributed by atoms with van der Waals surface area (Å²) in [4.78, 5) is 32.6. The van der Waals surface area contributed by atoms with Crippen molar-refractivity contribution >= 4 is 33.9 Å². The molecule has 0 saturated carbocycles. The number of amides is 1. The number of carbonyl (C=O) groups is 2. The number of aliphatic hydroxyl groups excluding tert-OH is 1. The number of rotatable bonds is 3. The molecule has 1 atom stereocenters. The van der Waals surface area contributed by atoms with Gasteiger partial charge in [0, 0.05) is 10.4 Å². The zero-order chi connectivity index (χ0) is 20.0. The van der Waals surface area contributed by atoms with Gasteiger partial charge < -0.3 is 9.52 Å². The fourth-order valence-electron chi connectivity index (χ4n) is 3.21. The minimum Gasteiger partial charge on any atom is -0.507 e. The van der Waals surface area contributed by atoms with Gasteiger partial charge in [0.05, 0.1) is 11.3 Å². The van der Waals surface area contributed by atoms with Gasteiger partial charge in [0.25, 0.3) is 5.78 Å². The average molecular weight is 394 g/mol. The lowest BCUT2D eigenvalue weighted by molar-refractivity contribution is -0.132. The summed E-state index contributed by atoms with van der Waals surface area (Å²) in [5, 5.41) is 11.3. The van der Waals surface area contributed by atoms with Crippen molar-refractivity contribution in [2.24, 2.45) is 0 Å². The second-order valence-electron chi connectivity index (χ2n) is 6.62. The summed E-state index contributed by atoms with van der Waals surface area (Å²) in [7, 11) is 0. The third-order valence-corrected chi connectivity index (χ3v) is 5.82. The number of anilines is 1. The number of aryl methyl sites for hydroxylation is 3. The van der Waals surface area contributed by atoms with Gasteiger partial charge in [-0.05, 0) is 32.9 Å². The van der Waals surface area contributed by atoms with Crippen LogP contribution in [0.1, 0.15) is 33.7 Å². The largest absolute Gasteiger partial charge is 0.507 e. The number of hydrogen-bond acceptors (Lipinski definition) is 6.